The molecule has 0 fully saturated rings. The molecule has 0 atom stereocenters. The van der Waals surface area contributed by atoms with Gasteiger partial charge in [-0.25, -0.2) is 0 Å². The van der Waals surface area contributed by atoms with Crippen molar-refractivity contribution in [2.75, 3.05) is 6.54 Å². The van der Waals surface area contributed by atoms with Gasteiger partial charge in [0.15, 0.2) is 0 Å². The third kappa shape index (κ3) is 3.15. The maximum absolute atomic E-state index is 12.3. The van der Waals surface area contributed by atoms with E-state index in [1.165, 1.54) is 16.0 Å². The van der Waals surface area contributed by atoms with Gasteiger partial charge in [-0.15, -0.1) is 0 Å². The van der Waals surface area contributed by atoms with E-state index in [2.05, 4.69) is 6.92 Å². The maximum Gasteiger partial charge on any atom is 0.261 e. The SMILES string of the molecule is Cc1ccc(Cl)cc1CCCCN1C(=O)c2ccccc2C1=O. The van der Waals surface area contributed by atoms with Crippen LogP contribution in [0.4, 0.5) is 0 Å². The Kier molecular flexibility index (Phi) is 4.49. The molecule has 2 aromatic carbocycles. The van der Waals surface area contributed by atoms with Gasteiger partial charge in [-0.05, 0) is 61.6 Å². The molecule has 2 amide bonds. The van der Waals surface area contributed by atoms with Gasteiger partial charge in [0.25, 0.3) is 11.8 Å². The van der Waals surface area contributed by atoms with Gasteiger partial charge in [-0.2, -0.15) is 0 Å². The molecule has 0 saturated heterocycles. The maximum atomic E-state index is 12.3. The number of unbranched alkanes of at least 4 members (excludes halogenated alkanes) is 1. The van der Waals surface area contributed by atoms with Crippen molar-refractivity contribution >= 4 is 23.4 Å². The van der Waals surface area contributed by atoms with E-state index >= 15 is 0 Å². The first-order valence-electron chi connectivity index (χ1n) is 7.78. The third-order valence-electron chi connectivity index (χ3n) is 4.27. The van der Waals surface area contributed by atoms with Gasteiger partial charge in [0, 0.05) is 11.6 Å². The lowest BCUT2D eigenvalue weighted by Gasteiger charge is -2.14. The smallest absolute Gasteiger partial charge is 0.261 e. The van der Waals surface area contributed by atoms with Crippen molar-refractivity contribution in [2.24, 2.45) is 0 Å². The molecular weight excluding hydrogens is 310 g/mol. The molecule has 0 spiro atoms. The van der Waals surface area contributed by atoms with Gasteiger partial charge >= 0.3 is 0 Å². The number of carbonyl (C=O) groups is 2. The van der Waals surface area contributed by atoms with E-state index in [0.717, 1.165) is 24.3 Å². The summed E-state index contributed by atoms with van der Waals surface area (Å²) in [5, 5.41) is 0.742. The molecule has 1 aliphatic heterocycles. The zero-order chi connectivity index (χ0) is 16.4. The number of imide groups is 1. The average Bonchev–Trinajstić information content (AvgIpc) is 2.79. The van der Waals surface area contributed by atoms with Crippen LogP contribution in [0.1, 0.15) is 44.7 Å². The van der Waals surface area contributed by atoms with Crippen LogP contribution in [0.2, 0.25) is 5.02 Å². The Morgan fingerprint density at radius 2 is 1.61 bits per heavy atom. The predicted molar refractivity (Wildman–Crippen MR) is 90.9 cm³/mol. The summed E-state index contributed by atoms with van der Waals surface area (Å²) < 4.78 is 0. The molecule has 3 rings (SSSR count). The van der Waals surface area contributed by atoms with E-state index in [4.69, 9.17) is 11.6 Å². The molecule has 4 heteroatoms. The quantitative estimate of drug-likeness (QED) is 0.607. The second kappa shape index (κ2) is 6.55. The normalized spacial score (nSPS) is 13.6. The molecule has 3 nitrogen and oxygen atoms in total. The van der Waals surface area contributed by atoms with Crippen LogP contribution in [0.5, 0.6) is 0 Å². The van der Waals surface area contributed by atoms with Crippen molar-refractivity contribution in [2.45, 2.75) is 26.2 Å². The van der Waals surface area contributed by atoms with Crippen molar-refractivity contribution in [3.63, 3.8) is 0 Å². The van der Waals surface area contributed by atoms with Gasteiger partial charge in [0.1, 0.15) is 0 Å². The Morgan fingerprint density at radius 3 is 2.26 bits per heavy atom. The molecule has 0 radical (unpaired) electrons. The molecule has 0 bridgehead atoms. The molecule has 0 aliphatic carbocycles. The highest BCUT2D eigenvalue weighted by Gasteiger charge is 2.34. The molecule has 0 saturated carbocycles. The summed E-state index contributed by atoms with van der Waals surface area (Å²) in [5.74, 6) is -0.353. The van der Waals surface area contributed by atoms with Gasteiger partial charge in [-0.3, -0.25) is 14.5 Å². The minimum absolute atomic E-state index is 0.176. The number of benzene rings is 2. The summed E-state index contributed by atoms with van der Waals surface area (Å²) in [7, 11) is 0. The van der Waals surface area contributed by atoms with Crippen LogP contribution in [0.3, 0.4) is 0 Å². The fourth-order valence-electron chi connectivity index (χ4n) is 2.94. The van der Waals surface area contributed by atoms with Crippen LogP contribution < -0.4 is 0 Å². The molecule has 23 heavy (non-hydrogen) atoms. The molecule has 1 heterocycles. The largest absolute Gasteiger partial charge is 0.274 e. The van der Waals surface area contributed by atoms with Crippen molar-refractivity contribution in [3.8, 4) is 0 Å². The van der Waals surface area contributed by atoms with Crippen LogP contribution in [0.15, 0.2) is 42.5 Å². The van der Waals surface area contributed by atoms with E-state index in [-0.39, 0.29) is 11.8 Å². The molecule has 0 unspecified atom stereocenters. The first-order valence-corrected chi connectivity index (χ1v) is 8.16. The number of aryl methyl sites for hydroxylation is 2. The molecule has 118 valence electrons. The summed E-state index contributed by atoms with van der Waals surface area (Å²) >= 11 is 6.03. The second-order valence-corrected chi connectivity index (χ2v) is 6.27. The first kappa shape index (κ1) is 15.8. The topological polar surface area (TPSA) is 37.4 Å². The summed E-state index contributed by atoms with van der Waals surface area (Å²) in [6.45, 7) is 2.53. The molecule has 0 N–H and O–H groups in total. The van der Waals surface area contributed by atoms with E-state index in [0.29, 0.717) is 17.7 Å². The zero-order valence-corrected chi connectivity index (χ0v) is 13.8. The average molecular weight is 328 g/mol. The Hall–Kier alpha value is -2.13. The van der Waals surface area contributed by atoms with Crippen molar-refractivity contribution in [3.05, 3.63) is 69.7 Å². The minimum atomic E-state index is -0.176. The van der Waals surface area contributed by atoms with Crippen molar-refractivity contribution in [1.82, 2.24) is 4.90 Å². The van der Waals surface area contributed by atoms with Gasteiger partial charge in [-0.1, -0.05) is 29.8 Å². The second-order valence-electron chi connectivity index (χ2n) is 5.84. The molecular formula is C19H18ClNO2. The summed E-state index contributed by atoms with van der Waals surface area (Å²) in [4.78, 5) is 25.9. The van der Waals surface area contributed by atoms with Gasteiger partial charge in [0.05, 0.1) is 11.1 Å². The first-order chi connectivity index (χ1) is 11.1. The Balaban J connectivity index is 1.57. The standard InChI is InChI=1S/C19H18ClNO2/c1-13-9-10-15(20)12-14(13)6-4-5-11-21-18(22)16-7-2-3-8-17(16)19(21)23/h2-3,7-10,12H,4-6,11H2,1H3. The number of fused-ring (bicyclic) bond motifs is 1. The van der Waals surface area contributed by atoms with Crippen molar-refractivity contribution < 1.29 is 9.59 Å². The van der Waals surface area contributed by atoms with E-state index in [1.54, 1.807) is 24.3 Å². The number of rotatable bonds is 5. The van der Waals surface area contributed by atoms with E-state index in [1.807, 2.05) is 18.2 Å². The van der Waals surface area contributed by atoms with Crippen LogP contribution in [-0.4, -0.2) is 23.3 Å². The monoisotopic (exact) mass is 327 g/mol. The summed E-state index contributed by atoms with van der Waals surface area (Å²) in [6.07, 6.45) is 2.60. The lowest BCUT2D eigenvalue weighted by molar-refractivity contribution is 0.0652. The number of hydrogen-bond donors (Lipinski definition) is 0. The van der Waals surface area contributed by atoms with E-state index < -0.39 is 0 Å². The number of nitrogens with zero attached hydrogens (tertiary/aromatic N) is 1. The lowest BCUT2D eigenvalue weighted by atomic mass is 10.0. The number of carbonyl (C=O) groups excluding carboxylic acids is 2. The molecule has 0 aromatic heterocycles. The minimum Gasteiger partial charge on any atom is -0.274 e. The van der Waals surface area contributed by atoms with Crippen LogP contribution >= 0.6 is 11.6 Å². The molecule has 1 aliphatic rings. The van der Waals surface area contributed by atoms with Gasteiger partial charge < -0.3 is 0 Å². The van der Waals surface area contributed by atoms with Crippen LogP contribution in [0.25, 0.3) is 0 Å². The Morgan fingerprint density at radius 1 is 0.957 bits per heavy atom. The number of amides is 2. The van der Waals surface area contributed by atoms with Gasteiger partial charge in [0.2, 0.25) is 0 Å². The third-order valence-corrected chi connectivity index (χ3v) is 4.50. The highest BCUT2D eigenvalue weighted by molar-refractivity contribution is 6.30. The highest BCUT2D eigenvalue weighted by Crippen LogP contribution is 2.23. The number of halogens is 1. The summed E-state index contributed by atoms with van der Waals surface area (Å²) in [5.41, 5.74) is 3.47. The number of hydrogen-bond acceptors (Lipinski definition) is 2. The fourth-order valence-corrected chi connectivity index (χ4v) is 3.13. The van der Waals surface area contributed by atoms with Crippen molar-refractivity contribution in [1.29, 1.82) is 0 Å². The fraction of sp³-hybridized carbons (Fsp3) is 0.263. The zero-order valence-electron chi connectivity index (χ0n) is 13.0. The van der Waals surface area contributed by atoms with Crippen LogP contribution in [-0.2, 0) is 6.42 Å². The Labute approximate surface area is 140 Å². The summed E-state index contributed by atoms with van der Waals surface area (Å²) in [6, 6.07) is 12.9. The lowest BCUT2D eigenvalue weighted by Crippen LogP contribution is -2.30. The van der Waals surface area contributed by atoms with Crippen LogP contribution in [0, 0.1) is 6.92 Å². The Bertz CT molecular complexity index is 735. The highest BCUT2D eigenvalue weighted by atomic mass is 35.5. The predicted octanol–water partition coefficient (Wildman–Crippen LogP) is 4.27. The molecule has 2 aromatic rings. The van der Waals surface area contributed by atoms with E-state index in [9.17, 15) is 9.59 Å².